The summed E-state index contributed by atoms with van der Waals surface area (Å²) in [5, 5.41) is 10.5. The van der Waals surface area contributed by atoms with Gasteiger partial charge in [0.2, 0.25) is 0 Å². The van der Waals surface area contributed by atoms with Crippen LogP contribution in [0.25, 0.3) is 11.0 Å². The van der Waals surface area contributed by atoms with Crippen molar-refractivity contribution in [2.75, 3.05) is 0 Å². The minimum Gasteiger partial charge on any atom is -0.507 e. The van der Waals surface area contributed by atoms with Crippen LogP contribution in [0.5, 0.6) is 5.75 Å². The van der Waals surface area contributed by atoms with Crippen LogP contribution in [0.15, 0.2) is 21.3 Å². The van der Waals surface area contributed by atoms with E-state index in [0.717, 1.165) is 11.1 Å². The number of rotatable bonds is 1. The number of hydrogen-bond donors (Lipinski definition) is 1. The normalized spacial score (nSPS) is 11.4. The zero-order valence-corrected chi connectivity index (χ0v) is 10.5. The molecule has 1 aromatic heterocycles. The Bertz CT molecular complexity index is 636. The SMILES string of the molecule is Cc1c(O)c2ccc(C(C)C)c(C)c2oc1=O. The summed E-state index contributed by atoms with van der Waals surface area (Å²) in [5.74, 6) is 0.378. The van der Waals surface area contributed by atoms with Crippen LogP contribution in [0.3, 0.4) is 0 Å². The lowest BCUT2D eigenvalue weighted by Crippen LogP contribution is -2.04. The Hall–Kier alpha value is -1.77. The maximum absolute atomic E-state index is 11.6. The lowest BCUT2D eigenvalue weighted by Gasteiger charge is -2.12. The Morgan fingerprint density at radius 3 is 2.41 bits per heavy atom. The van der Waals surface area contributed by atoms with Crippen molar-refractivity contribution in [3.05, 3.63) is 39.2 Å². The van der Waals surface area contributed by atoms with Crippen molar-refractivity contribution in [3.8, 4) is 5.75 Å². The highest BCUT2D eigenvalue weighted by molar-refractivity contribution is 5.87. The summed E-state index contributed by atoms with van der Waals surface area (Å²) in [6, 6.07) is 3.78. The van der Waals surface area contributed by atoms with Crippen molar-refractivity contribution in [1.29, 1.82) is 0 Å². The topological polar surface area (TPSA) is 50.4 Å². The average molecular weight is 232 g/mol. The maximum Gasteiger partial charge on any atom is 0.342 e. The fraction of sp³-hybridized carbons (Fsp3) is 0.357. The largest absolute Gasteiger partial charge is 0.507 e. The third-order valence-electron chi connectivity index (χ3n) is 3.18. The molecular weight excluding hydrogens is 216 g/mol. The number of aryl methyl sites for hydroxylation is 1. The Labute approximate surface area is 99.7 Å². The van der Waals surface area contributed by atoms with Gasteiger partial charge in [0.15, 0.2) is 0 Å². The average Bonchev–Trinajstić information content (AvgIpc) is 2.27. The summed E-state index contributed by atoms with van der Waals surface area (Å²) in [7, 11) is 0. The number of fused-ring (bicyclic) bond motifs is 1. The molecule has 0 atom stereocenters. The van der Waals surface area contributed by atoms with E-state index in [1.54, 1.807) is 6.92 Å². The van der Waals surface area contributed by atoms with E-state index in [4.69, 9.17) is 4.42 Å². The molecule has 0 spiro atoms. The van der Waals surface area contributed by atoms with Gasteiger partial charge >= 0.3 is 5.63 Å². The highest BCUT2D eigenvalue weighted by Gasteiger charge is 2.14. The van der Waals surface area contributed by atoms with Crippen molar-refractivity contribution >= 4 is 11.0 Å². The standard InChI is InChI=1S/C14H16O3/c1-7(2)10-5-6-11-12(15)9(4)14(16)17-13(11)8(10)3/h5-7,15H,1-4H3. The van der Waals surface area contributed by atoms with Crippen LogP contribution >= 0.6 is 0 Å². The van der Waals surface area contributed by atoms with Gasteiger partial charge in [-0.3, -0.25) is 0 Å². The minimum atomic E-state index is -0.473. The molecule has 0 aliphatic heterocycles. The van der Waals surface area contributed by atoms with Gasteiger partial charge in [0, 0.05) is 0 Å². The summed E-state index contributed by atoms with van der Waals surface area (Å²) in [4.78, 5) is 11.6. The summed E-state index contributed by atoms with van der Waals surface area (Å²) in [6.07, 6.45) is 0. The van der Waals surface area contributed by atoms with Crippen molar-refractivity contribution in [2.45, 2.75) is 33.6 Å². The van der Waals surface area contributed by atoms with Crippen molar-refractivity contribution < 1.29 is 9.52 Å². The molecule has 0 fully saturated rings. The molecule has 1 heterocycles. The predicted molar refractivity (Wildman–Crippen MR) is 67.7 cm³/mol. The highest BCUT2D eigenvalue weighted by atomic mass is 16.4. The molecule has 0 aliphatic carbocycles. The van der Waals surface area contributed by atoms with Crippen LogP contribution in [-0.4, -0.2) is 5.11 Å². The summed E-state index contributed by atoms with van der Waals surface area (Å²) in [5.41, 5.74) is 2.33. The van der Waals surface area contributed by atoms with E-state index in [1.165, 1.54) is 0 Å². The van der Waals surface area contributed by atoms with Crippen LogP contribution in [0.2, 0.25) is 0 Å². The first kappa shape index (κ1) is 11.7. The van der Waals surface area contributed by atoms with Gasteiger partial charge in [0.05, 0.1) is 10.9 Å². The second-order valence-electron chi connectivity index (χ2n) is 4.67. The second-order valence-corrected chi connectivity index (χ2v) is 4.67. The molecule has 0 radical (unpaired) electrons. The molecule has 2 aromatic rings. The van der Waals surface area contributed by atoms with Crippen molar-refractivity contribution in [2.24, 2.45) is 0 Å². The Morgan fingerprint density at radius 2 is 1.82 bits per heavy atom. The molecular formula is C14H16O3. The van der Waals surface area contributed by atoms with Gasteiger partial charge < -0.3 is 9.52 Å². The smallest absolute Gasteiger partial charge is 0.342 e. The molecule has 0 bridgehead atoms. The van der Waals surface area contributed by atoms with Crippen LogP contribution in [0.1, 0.15) is 36.5 Å². The molecule has 1 N–H and O–H groups in total. The second kappa shape index (κ2) is 3.91. The summed E-state index contributed by atoms with van der Waals surface area (Å²) in [6.45, 7) is 7.64. The lowest BCUT2D eigenvalue weighted by atomic mass is 9.95. The van der Waals surface area contributed by atoms with Crippen LogP contribution in [0.4, 0.5) is 0 Å². The first-order valence-electron chi connectivity index (χ1n) is 5.69. The molecule has 2 rings (SSSR count). The van der Waals surface area contributed by atoms with Gasteiger partial charge in [-0.25, -0.2) is 4.79 Å². The van der Waals surface area contributed by atoms with E-state index in [-0.39, 0.29) is 11.3 Å². The van der Waals surface area contributed by atoms with Crippen LogP contribution in [-0.2, 0) is 0 Å². The van der Waals surface area contributed by atoms with Gasteiger partial charge in [-0.1, -0.05) is 19.9 Å². The lowest BCUT2D eigenvalue weighted by molar-refractivity contribution is 0.461. The first-order valence-corrected chi connectivity index (χ1v) is 5.69. The Balaban J connectivity index is 2.93. The van der Waals surface area contributed by atoms with E-state index in [2.05, 4.69) is 13.8 Å². The molecule has 1 aromatic carbocycles. The van der Waals surface area contributed by atoms with Crippen molar-refractivity contribution in [1.82, 2.24) is 0 Å². The molecule has 0 unspecified atom stereocenters. The maximum atomic E-state index is 11.6. The zero-order chi connectivity index (χ0) is 12.7. The van der Waals surface area contributed by atoms with Gasteiger partial charge in [-0.05, 0) is 37.0 Å². The number of aromatic hydroxyl groups is 1. The minimum absolute atomic E-state index is 0.0228. The fourth-order valence-corrected chi connectivity index (χ4v) is 2.12. The predicted octanol–water partition coefficient (Wildman–Crippen LogP) is 3.24. The number of hydrogen-bond acceptors (Lipinski definition) is 3. The molecule has 90 valence electrons. The monoisotopic (exact) mass is 232 g/mol. The van der Waals surface area contributed by atoms with E-state index in [1.807, 2.05) is 19.1 Å². The molecule has 0 amide bonds. The van der Waals surface area contributed by atoms with Gasteiger partial charge in [0.25, 0.3) is 0 Å². The van der Waals surface area contributed by atoms with Crippen LogP contribution in [0, 0.1) is 13.8 Å². The van der Waals surface area contributed by atoms with E-state index in [0.29, 0.717) is 16.9 Å². The Morgan fingerprint density at radius 1 is 1.18 bits per heavy atom. The van der Waals surface area contributed by atoms with Gasteiger partial charge in [-0.2, -0.15) is 0 Å². The Kier molecular flexibility index (Phi) is 2.69. The molecule has 0 saturated heterocycles. The van der Waals surface area contributed by atoms with Crippen LogP contribution < -0.4 is 5.63 Å². The molecule has 3 heteroatoms. The quantitative estimate of drug-likeness (QED) is 0.768. The van der Waals surface area contributed by atoms with Gasteiger partial charge in [0.1, 0.15) is 11.3 Å². The summed E-state index contributed by atoms with van der Waals surface area (Å²) < 4.78 is 5.28. The molecule has 3 nitrogen and oxygen atoms in total. The van der Waals surface area contributed by atoms with E-state index in [9.17, 15) is 9.90 Å². The third-order valence-corrected chi connectivity index (χ3v) is 3.18. The van der Waals surface area contributed by atoms with Crippen molar-refractivity contribution in [3.63, 3.8) is 0 Å². The molecule has 0 saturated carbocycles. The highest BCUT2D eigenvalue weighted by Crippen LogP contribution is 2.31. The third kappa shape index (κ3) is 1.71. The fourth-order valence-electron chi connectivity index (χ4n) is 2.12. The summed E-state index contributed by atoms with van der Waals surface area (Å²) >= 11 is 0. The van der Waals surface area contributed by atoms with E-state index < -0.39 is 5.63 Å². The number of benzene rings is 1. The molecule has 17 heavy (non-hydrogen) atoms. The zero-order valence-electron chi connectivity index (χ0n) is 10.5. The molecule has 0 aliphatic rings. The first-order chi connectivity index (χ1) is 7.93. The van der Waals surface area contributed by atoms with Gasteiger partial charge in [-0.15, -0.1) is 0 Å². The van der Waals surface area contributed by atoms with E-state index >= 15 is 0 Å².